The first-order valence-electron chi connectivity index (χ1n) is 7.49. The Morgan fingerprint density at radius 2 is 2.17 bits per heavy atom. The number of halogens is 3. The molecule has 3 atom stereocenters. The van der Waals surface area contributed by atoms with Gasteiger partial charge in [-0.25, -0.2) is 0 Å². The van der Waals surface area contributed by atoms with Gasteiger partial charge in [0.2, 0.25) is 0 Å². The summed E-state index contributed by atoms with van der Waals surface area (Å²) >= 11 is 0. The molecule has 2 aliphatic rings. The molecule has 23 heavy (non-hydrogen) atoms. The maximum atomic E-state index is 13.1. The smallest absolute Gasteiger partial charge is 0.406 e. The number of likely N-dealkylation sites (tertiary alicyclic amines) is 1. The van der Waals surface area contributed by atoms with Crippen LogP contribution >= 0.6 is 0 Å². The molecule has 3 unspecified atom stereocenters. The number of rotatable bonds is 5. The van der Waals surface area contributed by atoms with E-state index in [0.717, 1.165) is 17.7 Å². The molecule has 0 aromatic heterocycles. The molecule has 132 valence electrons. The number of hydrogen-bond acceptors (Lipinski definition) is 4. The summed E-state index contributed by atoms with van der Waals surface area (Å²) in [7, 11) is 0. The van der Waals surface area contributed by atoms with E-state index in [-0.39, 0.29) is 19.3 Å². The number of carbonyl (C=O) groups is 2. The van der Waals surface area contributed by atoms with Crippen LogP contribution in [0.2, 0.25) is 0 Å². The van der Waals surface area contributed by atoms with Crippen molar-refractivity contribution < 1.29 is 37.3 Å². The van der Waals surface area contributed by atoms with Crippen molar-refractivity contribution in [3.63, 3.8) is 0 Å². The summed E-state index contributed by atoms with van der Waals surface area (Å²) in [6.07, 6.45) is -4.85. The van der Waals surface area contributed by atoms with Crippen LogP contribution in [0.3, 0.4) is 0 Å². The van der Waals surface area contributed by atoms with Crippen molar-refractivity contribution in [3.05, 3.63) is 0 Å². The quantitative estimate of drug-likeness (QED) is 0.820. The number of aliphatic carboxylic acids is 1. The van der Waals surface area contributed by atoms with E-state index >= 15 is 0 Å². The molecule has 2 aliphatic heterocycles. The first-order chi connectivity index (χ1) is 10.7. The number of carboxylic acid groups (broad SMARTS) is 1. The Balaban J connectivity index is 1.94. The van der Waals surface area contributed by atoms with Gasteiger partial charge in [0.05, 0.1) is 12.7 Å². The Labute approximate surface area is 131 Å². The Bertz CT molecular complexity index is 464. The van der Waals surface area contributed by atoms with Crippen LogP contribution in [0.5, 0.6) is 0 Å². The minimum absolute atomic E-state index is 0.0999. The van der Waals surface area contributed by atoms with Crippen LogP contribution in [0.1, 0.15) is 26.2 Å². The van der Waals surface area contributed by atoms with Crippen molar-refractivity contribution in [1.29, 1.82) is 0 Å². The maximum Gasteiger partial charge on any atom is 0.406 e. The van der Waals surface area contributed by atoms with E-state index in [2.05, 4.69) is 0 Å². The van der Waals surface area contributed by atoms with Crippen molar-refractivity contribution in [2.75, 3.05) is 26.3 Å². The summed E-state index contributed by atoms with van der Waals surface area (Å²) in [6, 6.07) is 0. The SMILES string of the molecule is CC(OCC1CCCO1)C(=O)N1CCC(C(=O)O)(C(F)(F)F)C1. The van der Waals surface area contributed by atoms with Crippen molar-refractivity contribution in [3.8, 4) is 0 Å². The normalized spacial score (nSPS) is 29.7. The second-order valence-corrected chi connectivity index (χ2v) is 6.01. The first kappa shape index (κ1) is 18.0. The summed E-state index contributed by atoms with van der Waals surface area (Å²) in [4.78, 5) is 24.2. The van der Waals surface area contributed by atoms with Crippen molar-refractivity contribution in [2.24, 2.45) is 5.41 Å². The molecular weight excluding hydrogens is 319 g/mol. The topological polar surface area (TPSA) is 76.1 Å². The van der Waals surface area contributed by atoms with Gasteiger partial charge in [-0.05, 0) is 26.2 Å². The van der Waals surface area contributed by atoms with Crippen molar-refractivity contribution in [2.45, 2.75) is 44.6 Å². The van der Waals surface area contributed by atoms with Gasteiger partial charge in [-0.2, -0.15) is 13.2 Å². The van der Waals surface area contributed by atoms with E-state index in [1.54, 1.807) is 0 Å². The highest BCUT2D eigenvalue weighted by atomic mass is 19.4. The van der Waals surface area contributed by atoms with E-state index in [1.807, 2.05) is 0 Å². The maximum absolute atomic E-state index is 13.1. The lowest BCUT2D eigenvalue weighted by molar-refractivity contribution is -0.227. The minimum Gasteiger partial charge on any atom is -0.481 e. The molecule has 0 aliphatic carbocycles. The molecule has 0 saturated carbocycles. The molecule has 1 amide bonds. The standard InChI is InChI=1S/C14H20F3NO5/c1-9(23-7-10-3-2-6-22-10)11(19)18-5-4-13(8-18,12(20)21)14(15,16)17/h9-10H,2-8H2,1H3,(H,20,21). The number of carbonyl (C=O) groups excluding carboxylic acids is 1. The fourth-order valence-electron chi connectivity index (χ4n) is 2.88. The average Bonchev–Trinajstić information content (AvgIpc) is 3.12. The van der Waals surface area contributed by atoms with Gasteiger partial charge in [0.15, 0.2) is 5.41 Å². The third-order valence-corrected chi connectivity index (χ3v) is 4.44. The number of hydrogen-bond donors (Lipinski definition) is 1. The summed E-state index contributed by atoms with van der Waals surface area (Å²) in [5.74, 6) is -2.58. The molecule has 2 fully saturated rings. The molecule has 0 aromatic carbocycles. The molecule has 2 heterocycles. The van der Waals surface area contributed by atoms with Crippen LogP contribution in [-0.2, 0) is 19.1 Å². The predicted octanol–water partition coefficient (Wildman–Crippen LogP) is 1.44. The van der Waals surface area contributed by atoms with Gasteiger partial charge in [0.1, 0.15) is 6.10 Å². The zero-order valence-electron chi connectivity index (χ0n) is 12.8. The summed E-state index contributed by atoms with van der Waals surface area (Å²) in [6.45, 7) is 1.15. The molecule has 2 rings (SSSR count). The van der Waals surface area contributed by atoms with Crippen LogP contribution in [-0.4, -0.2) is 66.6 Å². The van der Waals surface area contributed by atoms with Crippen LogP contribution in [0, 0.1) is 5.41 Å². The van der Waals surface area contributed by atoms with Gasteiger partial charge in [0, 0.05) is 19.7 Å². The van der Waals surface area contributed by atoms with E-state index < -0.39 is 42.5 Å². The van der Waals surface area contributed by atoms with Crippen LogP contribution in [0.4, 0.5) is 13.2 Å². The second kappa shape index (κ2) is 6.64. The van der Waals surface area contributed by atoms with Gasteiger partial charge in [0.25, 0.3) is 5.91 Å². The molecular formula is C14H20F3NO5. The lowest BCUT2D eigenvalue weighted by atomic mass is 9.86. The second-order valence-electron chi connectivity index (χ2n) is 6.01. The molecule has 0 spiro atoms. The Kier molecular flexibility index (Phi) is 5.20. The van der Waals surface area contributed by atoms with Gasteiger partial charge < -0.3 is 19.5 Å². The lowest BCUT2D eigenvalue weighted by Crippen LogP contribution is -2.48. The monoisotopic (exact) mass is 339 g/mol. The number of alkyl halides is 3. The van der Waals surface area contributed by atoms with Gasteiger partial charge >= 0.3 is 12.1 Å². The fraction of sp³-hybridized carbons (Fsp3) is 0.857. The van der Waals surface area contributed by atoms with Crippen LogP contribution in [0.15, 0.2) is 0 Å². The van der Waals surface area contributed by atoms with Gasteiger partial charge in [-0.15, -0.1) is 0 Å². The number of ether oxygens (including phenoxy) is 2. The fourth-order valence-corrected chi connectivity index (χ4v) is 2.88. The van der Waals surface area contributed by atoms with Crippen LogP contribution in [0.25, 0.3) is 0 Å². The molecule has 0 radical (unpaired) electrons. The average molecular weight is 339 g/mol. The van der Waals surface area contributed by atoms with E-state index in [9.17, 15) is 22.8 Å². The highest BCUT2D eigenvalue weighted by Gasteiger charge is 2.64. The van der Waals surface area contributed by atoms with Gasteiger partial charge in [-0.1, -0.05) is 0 Å². The van der Waals surface area contributed by atoms with E-state index in [0.29, 0.717) is 6.61 Å². The third kappa shape index (κ3) is 3.60. The predicted molar refractivity (Wildman–Crippen MR) is 71.7 cm³/mol. The number of carboxylic acids is 1. The van der Waals surface area contributed by atoms with E-state index in [4.69, 9.17) is 14.6 Å². The minimum atomic E-state index is -4.91. The Morgan fingerprint density at radius 1 is 1.48 bits per heavy atom. The summed E-state index contributed by atoms with van der Waals surface area (Å²) in [5, 5.41) is 8.98. The lowest BCUT2D eigenvalue weighted by Gasteiger charge is -2.28. The van der Waals surface area contributed by atoms with Crippen molar-refractivity contribution >= 4 is 11.9 Å². The van der Waals surface area contributed by atoms with Crippen LogP contribution < -0.4 is 0 Å². The highest BCUT2D eigenvalue weighted by molar-refractivity contribution is 5.83. The highest BCUT2D eigenvalue weighted by Crippen LogP contribution is 2.45. The largest absolute Gasteiger partial charge is 0.481 e. The first-order valence-corrected chi connectivity index (χ1v) is 7.49. The molecule has 0 bridgehead atoms. The molecule has 0 aromatic rings. The molecule has 2 saturated heterocycles. The third-order valence-electron chi connectivity index (χ3n) is 4.44. The summed E-state index contributed by atoms with van der Waals surface area (Å²) in [5.41, 5.74) is -2.89. The Hall–Kier alpha value is -1.35. The molecule has 1 N–H and O–H groups in total. The Morgan fingerprint density at radius 3 is 2.65 bits per heavy atom. The number of nitrogens with zero attached hydrogens (tertiary/aromatic N) is 1. The number of amides is 1. The van der Waals surface area contributed by atoms with E-state index in [1.165, 1.54) is 6.92 Å². The zero-order chi connectivity index (χ0) is 17.3. The molecule has 9 heteroatoms. The molecule has 6 nitrogen and oxygen atoms in total. The summed E-state index contributed by atoms with van der Waals surface area (Å²) < 4.78 is 50.0. The zero-order valence-corrected chi connectivity index (χ0v) is 12.8. The van der Waals surface area contributed by atoms with Gasteiger partial charge in [-0.3, -0.25) is 9.59 Å². The van der Waals surface area contributed by atoms with Crippen molar-refractivity contribution in [1.82, 2.24) is 4.90 Å².